The Morgan fingerprint density at radius 1 is 1.20 bits per heavy atom. The maximum Gasteiger partial charge on any atom is 0.328 e. The number of fused-ring (bicyclic) bond motifs is 1. The summed E-state index contributed by atoms with van der Waals surface area (Å²) in [5.41, 5.74) is -0.422. The number of nitrogens with zero attached hydrogens (tertiary/aromatic N) is 1. The van der Waals surface area contributed by atoms with Gasteiger partial charge in [-0.2, -0.15) is 0 Å². The van der Waals surface area contributed by atoms with Crippen LogP contribution in [0.4, 0.5) is 0 Å². The molecule has 114 valence electrons. The Morgan fingerprint density at radius 2 is 2.00 bits per heavy atom. The maximum atomic E-state index is 12.7. The molecule has 4 heteroatoms. The predicted molar refractivity (Wildman–Crippen MR) is 78.6 cm³/mol. The van der Waals surface area contributed by atoms with E-state index in [-0.39, 0.29) is 5.97 Å². The van der Waals surface area contributed by atoms with E-state index < -0.39 is 5.54 Å². The first kappa shape index (κ1) is 14.3. The van der Waals surface area contributed by atoms with Crippen LogP contribution in [0.1, 0.15) is 58.3 Å². The molecular formula is C16H28N2O2. The highest BCUT2D eigenvalue weighted by Crippen LogP contribution is 2.38. The normalized spacial score (nSPS) is 35.1. The third-order valence-electron chi connectivity index (χ3n) is 5.43. The summed E-state index contributed by atoms with van der Waals surface area (Å²) in [6.07, 6.45) is 9.65. The third-order valence-corrected chi connectivity index (χ3v) is 5.43. The van der Waals surface area contributed by atoms with Gasteiger partial charge in [0.1, 0.15) is 5.54 Å². The van der Waals surface area contributed by atoms with Gasteiger partial charge in [-0.3, -0.25) is 10.2 Å². The summed E-state index contributed by atoms with van der Waals surface area (Å²) in [5, 5.41) is 3.77. The fraction of sp³-hybridized carbons (Fsp3) is 0.938. The lowest BCUT2D eigenvalue weighted by Gasteiger charge is -2.38. The summed E-state index contributed by atoms with van der Waals surface area (Å²) in [5.74, 6) is -0.0000246. The van der Waals surface area contributed by atoms with Crippen molar-refractivity contribution in [2.45, 2.75) is 75.9 Å². The van der Waals surface area contributed by atoms with Crippen molar-refractivity contribution in [3.63, 3.8) is 0 Å². The molecule has 3 rings (SSSR count). The quantitative estimate of drug-likeness (QED) is 0.801. The second-order valence-corrected chi connectivity index (χ2v) is 6.62. The van der Waals surface area contributed by atoms with Crippen LogP contribution in [-0.2, 0) is 9.53 Å². The monoisotopic (exact) mass is 280 g/mol. The summed E-state index contributed by atoms with van der Waals surface area (Å²) < 4.78 is 5.45. The predicted octanol–water partition coefficient (Wildman–Crippen LogP) is 2.08. The van der Waals surface area contributed by atoms with Crippen molar-refractivity contribution in [2.75, 3.05) is 19.7 Å². The summed E-state index contributed by atoms with van der Waals surface area (Å²) >= 11 is 0. The Hall–Kier alpha value is -0.610. The molecule has 4 nitrogen and oxygen atoms in total. The Balaban J connectivity index is 1.77. The number of carbonyl (C=O) groups excluding carboxylic acids is 1. The van der Waals surface area contributed by atoms with Gasteiger partial charge in [0, 0.05) is 18.6 Å². The first-order chi connectivity index (χ1) is 9.76. The van der Waals surface area contributed by atoms with Gasteiger partial charge in [0.05, 0.1) is 6.61 Å². The number of rotatable bonds is 4. The minimum absolute atomic E-state index is 0.0000246. The van der Waals surface area contributed by atoms with Crippen molar-refractivity contribution in [3.05, 3.63) is 0 Å². The molecule has 0 bridgehead atoms. The maximum absolute atomic E-state index is 12.7. The molecule has 2 atom stereocenters. The van der Waals surface area contributed by atoms with Crippen molar-refractivity contribution in [1.82, 2.24) is 10.2 Å². The van der Waals surface area contributed by atoms with E-state index in [1.54, 1.807) is 0 Å². The molecule has 1 saturated carbocycles. The Bertz CT molecular complexity index is 354. The second-order valence-electron chi connectivity index (χ2n) is 6.62. The number of nitrogens with one attached hydrogen (secondary N) is 1. The molecule has 0 spiro atoms. The molecule has 2 unspecified atom stereocenters. The lowest BCUT2D eigenvalue weighted by molar-refractivity contribution is -0.152. The van der Waals surface area contributed by atoms with E-state index in [9.17, 15) is 4.79 Å². The molecule has 2 heterocycles. The molecule has 1 aliphatic carbocycles. The van der Waals surface area contributed by atoms with Crippen LogP contribution in [0.25, 0.3) is 0 Å². The van der Waals surface area contributed by atoms with Gasteiger partial charge >= 0.3 is 5.97 Å². The van der Waals surface area contributed by atoms with E-state index in [0.717, 1.165) is 25.9 Å². The smallest absolute Gasteiger partial charge is 0.328 e. The Morgan fingerprint density at radius 3 is 2.75 bits per heavy atom. The zero-order valence-corrected chi connectivity index (χ0v) is 12.7. The van der Waals surface area contributed by atoms with Crippen molar-refractivity contribution in [1.29, 1.82) is 0 Å². The zero-order chi connectivity index (χ0) is 14.0. The highest BCUT2D eigenvalue weighted by atomic mass is 16.5. The lowest BCUT2D eigenvalue weighted by Crippen LogP contribution is -2.62. The van der Waals surface area contributed by atoms with E-state index >= 15 is 0 Å². The molecule has 0 amide bonds. The van der Waals surface area contributed by atoms with E-state index in [1.165, 1.54) is 38.5 Å². The molecule has 3 fully saturated rings. The van der Waals surface area contributed by atoms with E-state index in [0.29, 0.717) is 18.7 Å². The Kier molecular flexibility index (Phi) is 4.32. The van der Waals surface area contributed by atoms with Crippen LogP contribution in [-0.4, -0.2) is 48.2 Å². The van der Waals surface area contributed by atoms with Crippen LogP contribution in [0, 0.1) is 0 Å². The number of hydrogen-bond acceptors (Lipinski definition) is 4. The number of esters is 1. The molecule has 3 aliphatic rings. The van der Waals surface area contributed by atoms with E-state index in [2.05, 4.69) is 10.2 Å². The average Bonchev–Trinajstić information content (AvgIpc) is 3.04. The molecule has 2 aliphatic heterocycles. The van der Waals surface area contributed by atoms with Crippen LogP contribution in [0.3, 0.4) is 0 Å². The van der Waals surface area contributed by atoms with Gasteiger partial charge in [-0.25, -0.2) is 4.79 Å². The fourth-order valence-corrected chi connectivity index (χ4v) is 4.47. The van der Waals surface area contributed by atoms with Gasteiger partial charge in [0.15, 0.2) is 0 Å². The highest BCUT2D eigenvalue weighted by molar-refractivity contribution is 5.82. The molecule has 1 N–H and O–H groups in total. The molecule has 20 heavy (non-hydrogen) atoms. The standard InChI is InChI=1S/C16H28N2O2/c1-2-20-15(19)16(17-13-7-4-3-5-8-13)10-12-18-11-6-9-14(16)18/h13-14,17H,2-12H2,1H3. The molecular weight excluding hydrogens is 252 g/mol. The van der Waals surface area contributed by atoms with Crippen molar-refractivity contribution in [2.24, 2.45) is 0 Å². The second kappa shape index (κ2) is 6.02. The van der Waals surface area contributed by atoms with Crippen LogP contribution < -0.4 is 5.32 Å². The number of hydrogen-bond donors (Lipinski definition) is 1. The Labute approximate surface area is 122 Å². The lowest BCUT2D eigenvalue weighted by atomic mass is 9.85. The van der Waals surface area contributed by atoms with Crippen LogP contribution in [0.2, 0.25) is 0 Å². The molecule has 0 radical (unpaired) electrons. The summed E-state index contributed by atoms with van der Waals surface area (Å²) in [7, 11) is 0. The largest absolute Gasteiger partial charge is 0.465 e. The van der Waals surface area contributed by atoms with Crippen molar-refractivity contribution < 1.29 is 9.53 Å². The molecule has 0 aromatic rings. The average molecular weight is 280 g/mol. The number of ether oxygens (including phenoxy) is 1. The third kappa shape index (κ3) is 2.48. The topological polar surface area (TPSA) is 41.6 Å². The minimum atomic E-state index is -0.422. The van der Waals surface area contributed by atoms with Gasteiger partial charge in [-0.15, -0.1) is 0 Å². The van der Waals surface area contributed by atoms with E-state index in [4.69, 9.17) is 4.74 Å². The summed E-state index contributed by atoms with van der Waals surface area (Å²) in [6.45, 7) is 4.59. The SMILES string of the molecule is CCOC(=O)C1(NC2CCCCC2)CCN2CCCC21. The number of carbonyl (C=O) groups is 1. The minimum Gasteiger partial charge on any atom is -0.465 e. The van der Waals surface area contributed by atoms with Crippen LogP contribution >= 0.6 is 0 Å². The molecule has 0 aromatic carbocycles. The van der Waals surface area contributed by atoms with Crippen molar-refractivity contribution >= 4 is 5.97 Å². The summed E-state index contributed by atoms with van der Waals surface area (Å²) in [4.78, 5) is 15.2. The molecule has 2 saturated heterocycles. The zero-order valence-electron chi connectivity index (χ0n) is 12.7. The van der Waals surface area contributed by atoms with Gasteiger partial charge in [0.2, 0.25) is 0 Å². The fourth-order valence-electron chi connectivity index (χ4n) is 4.47. The van der Waals surface area contributed by atoms with Gasteiger partial charge in [-0.05, 0) is 45.6 Å². The molecule has 0 aromatic heterocycles. The van der Waals surface area contributed by atoms with Crippen LogP contribution in [0.15, 0.2) is 0 Å². The van der Waals surface area contributed by atoms with E-state index in [1.807, 2.05) is 6.92 Å². The van der Waals surface area contributed by atoms with Crippen molar-refractivity contribution in [3.8, 4) is 0 Å². The van der Waals surface area contributed by atoms with Gasteiger partial charge in [-0.1, -0.05) is 19.3 Å². The summed E-state index contributed by atoms with van der Waals surface area (Å²) in [6, 6.07) is 0.872. The first-order valence-electron chi connectivity index (χ1n) is 8.45. The highest BCUT2D eigenvalue weighted by Gasteiger charge is 2.55. The van der Waals surface area contributed by atoms with Gasteiger partial charge in [0.25, 0.3) is 0 Å². The van der Waals surface area contributed by atoms with Gasteiger partial charge < -0.3 is 4.74 Å². The van der Waals surface area contributed by atoms with Crippen LogP contribution in [0.5, 0.6) is 0 Å². The first-order valence-corrected chi connectivity index (χ1v) is 8.45.